The highest BCUT2D eigenvalue weighted by Gasteiger charge is 2.30. The average molecular weight is 500 g/mol. The van der Waals surface area contributed by atoms with Crippen LogP contribution in [-0.4, -0.2) is 31.2 Å². The normalized spacial score (nSPS) is 14.2. The van der Waals surface area contributed by atoms with Crippen LogP contribution >= 0.6 is 11.6 Å². The number of aryl methyl sites for hydroxylation is 1. The third-order valence-electron chi connectivity index (χ3n) is 6.14. The van der Waals surface area contributed by atoms with Gasteiger partial charge in [0.2, 0.25) is 0 Å². The zero-order valence-electron chi connectivity index (χ0n) is 18.7. The van der Waals surface area contributed by atoms with Crippen molar-refractivity contribution < 1.29 is 13.2 Å². The second kappa shape index (κ2) is 8.98. The Bertz CT molecular complexity index is 1430. The topological polar surface area (TPSA) is 66.8 Å². The fraction of sp³-hybridized carbons (Fsp3) is 0.240. The van der Waals surface area contributed by atoms with Crippen LogP contribution < -0.4 is 5.56 Å². The maximum atomic E-state index is 12.9. The molecule has 1 aliphatic heterocycles. The fourth-order valence-corrected chi connectivity index (χ4v) is 4.58. The van der Waals surface area contributed by atoms with Crippen molar-refractivity contribution in [3.05, 3.63) is 98.2 Å². The van der Waals surface area contributed by atoms with Crippen LogP contribution in [0.4, 0.5) is 13.2 Å². The van der Waals surface area contributed by atoms with E-state index in [9.17, 15) is 18.0 Å². The Balaban J connectivity index is 1.37. The van der Waals surface area contributed by atoms with E-state index >= 15 is 0 Å². The Hall–Kier alpha value is -3.43. The number of H-pyrrole nitrogens is 1. The zero-order valence-corrected chi connectivity index (χ0v) is 19.5. The van der Waals surface area contributed by atoms with Crippen LogP contribution in [0.15, 0.2) is 59.4 Å². The molecule has 180 valence electrons. The molecular weight excluding hydrogens is 479 g/mol. The van der Waals surface area contributed by atoms with Crippen molar-refractivity contribution in [2.24, 2.45) is 0 Å². The predicted molar refractivity (Wildman–Crippen MR) is 126 cm³/mol. The summed E-state index contributed by atoms with van der Waals surface area (Å²) in [7, 11) is 0. The van der Waals surface area contributed by atoms with Gasteiger partial charge < -0.3 is 4.98 Å². The SMILES string of the molecule is Cc1nn(-c2ccccc2)c(Cl)c1CN1CCc2nc(-c3ccc(C(F)(F)F)cc3)[nH]c(=O)c2C1. The Labute approximate surface area is 204 Å². The minimum atomic E-state index is -4.42. The van der Waals surface area contributed by atoms with Crippen LogP contribution in [0.25, 0.3) is 17.1 Å². The molecule has 0 bridgehead atoms. The number of aromatic nitrogens is 4. The molecule has 0 amide bonds. The van der Waals surface area contributed by atoms with Crippen molar-refractivity contribution in [1.29, 1.82) is 0 Å². The lowest BCUT2D eigenvalue weighted by atomic mass is 10.1. The molecule has 2 aromatic carbocycles. The van der Waals surface area contributed by atoms with Gasteiger partial charge in [0.05, 0.1) is 28.2 Å². The third kappa shape index (κ3) is 4.61. The van der Waals surface area contributed by atoms with Crippen LogP contribution in [-0.2, 0) is 25.7 Å². The molecular formula is C25H21ClF3N5O. The van der Waals surface area contributed by atoms with Crippen LogP contribution in [0.2, 0.25) is 5.15 Å². The number of nitrogens with zero attached hydrogens (tertiary/aromatic N) is 4. The Morgan fingerprint density at radius 3 is 2.49 bits per heavy atom. The first kappa shape index (κ1) is 23.3. The molecule has 0 saturated heterocycles. The molecule has 4 aromatic rings. The number of para-hydroxylation sites is 1. The van der Waals surface area contributed by atoms with E-state index < -0.39 is 11.7 Å². The Morgan fingerprint density at radius 1 is 1.09 bits per heavy atom. The highest BCUT2D eigenvalue weighted by molar-refractivity contribution is 6.30. The lowest BCUT2D eigenvalue weighted by Crippen LogP contribution is -2.35. The predicted octanol–water partition coefficient (Wildman–Crippen LogP) is 5.16. The molecule has 0 aliphatic carbocycles. The summed E-state index contributed by atoms with van der Waals surface area (Å²) in [5.74, 6) is 0.263. The molecule has 3 heterocycles. The molecule has 35 heavy (non-hydrogen) atoms. The Kier molecular flexibility index (Phi) is 5.98. The summed E-state index contributed by atoms with van der Waals surface area (Å²) in [4.78, 5) is 22.3. The molecule has 0 unspecified atom stereocenters. The van der Waals surface area contributed by atoms with Crippen molar-refractivity contribution in [3.63, 3.8) is 0 Å². The van der Waals surface area contributed by atoms with Gasteiger partial charge in [-0.05, 0) is 31.2 Å². The van der Waals surface area contributed by atoms with Crippen molar-refractivity contribution in [2.75, 3.05) is 6.54 Å². The van der Waals surface area contributed by atoms with E-state index in [1.54, 1.807) is 4.68 Å². The van der Waals surface area contributed by atoms with Gasteiger partial charge in [-0.2, -0.15) is 18.3 Å². The second-order valence-electron chi connectivity index (χ2n) is 8.48. The minimum absolute atomic E-state index is 0.263. The summed E-state index contributed by atoms with van der Waals surface area (Å²) in [6, 6.07) is 14.2. The summed E-state index contributed by atoms with van der Waals surface area (Å²) >= 11 is 6.67. The van der Waals surface area contributed by atoms with E-state index in [1.165, 1.54) is 12.1 Å². The Morgan fingerprint density at radius 2 is 1.80 bits per heavy atom. The summed E-state index contributed by atoms with van der Waals surface area (Å²) in [5.41, 5.74) is 3.17. The molecule has 0 saturated carbocycles. The zero-order chi connectivity index (χ0) is 24.7. The van der Waals surface area contributed by atoms with Gasteiger partial charge in [0.15, 0.2) is 0 Å². The molecule has 0 spiro atoms. The van der Waals surface area contributed by atoms with Gasteiger partial charge in [0, 0.05) is 37.2 Å². The average Bonchev–Trinajstić information content (AvgIpc) is 3.12. The molecule has 0 atom stereocenters. The number of halogens is 4. The van der Waals surface area contributed by atoms with E-state index in [0.29, 0.717) is 48.0 Å². The first-order chi connectivity index (χ1) is 16.7. The van der Waals surface area contributed by atoms with E-state index in [0.717, 1.165) is 29.1 Å². The van der Waals surface area contributed by atoms with Crippen molar-refractivity contribution in [3.8, 4) is 17.1 Å². The highest BCUT2D eigenvalue weighted by Crippen LogP contribution is 2.31. The standard InChI is InChI=1S/C25H21ClF3N5O/c1-15-19(22(26)34(32-15)18-5-3-2-4-6-18)13-33-12-11-21-20(14-33)24(35)31-23(30-21)16-7-9-17(10-8-16)25(27,28)29/h2-10H,11-14H2,1H3,(H,30,31,35). The highest BCUT2D eigenvalue weighted by atomic mass is 35.5. The maximum absolute atomic E-state index is 12.9. The van der Waals surface area contributed by atoms with Gasteiger partial charge in [-0.25, -0.2) is 9.67 Å². The van der Waals surface area contributed by atoms with E-state index in [-0.39, 0.29) is 11.4 Å². The summed E-state index contributed by atoms with van der Waals surface area (Å²) in [6.45, 7) is 3.47. The minimum Gasteiger partial charge on any atom is -0.306 e. The van der Waals surface area contributed by atoms with Crippen molar-refractivity contribution in [1.82, 2.24) is 24.6 Å². The molecule has 0 fully saturated rings. The molecule has 5 rings (SSSR count). The maximum Gasteiger partial charge on any atom is 0.416 e. The summed E-state index contributed by atoms with van der Waals surface area (Å²) in [5, 5.41) is 5.11. The van der Waals surface area contributed by atoms with Crippen LogP contribution in [0.1, 0.15) is 28.1 Å². The van der Waals surface area contributed by atoms with Gasteiger partial charge in [-0.15, -0.1) is 0 Å². The molecule has 0 radical (unpaired) electrons. The summed E-state index contributed by atoms with van der Waals surface area (Å²) < 4.78 is 40.3. The lowest BCUT2D eigenvalue weighted by molar-refractivity contribution is -0.137. The quantitative estimate of drug-likeness (QED) is 0.421. The first-order valence-corrected chi connectivity index (χ1v) is 11.4. The molecule has 1 N–H and O–H groups in total. The van der Waals surface area contributed by atoms with Crippen LogP contribution in [0, 0.1) is 6.92 Å². The smallest absolute Gasteiger partial charge is 0.306 e. The number of hydrogen-bond acceptors (Lipinski definition) is 4. The number of aromatic amines is 1. The first-order valence-electron chi connectivity index (χ1n) is 11.0. The van der Waals surface area contributed by atoms with Gasteiger partial charge >= 0.3 is 6.18 Å². The van der Waals surface area contributed by atoms with Gasteiger partial charge in [-0.1, -0.05) is 41.9 Å². The van der Waals surface area contributed by atoms with E-state index in [2.05, 4.69) is 20.0 Å². The van der Waals surface area contributed by atoms with Gasteiger partial charge in [0.1, 0.15) is 11.0 Å². The number of rotatable bonds is 4. The van der Waals surface area contributed by atoms with Gasteiger partial charge in [-0.3, -0.25) is 9.69 Å². The number of fused-ring (bicyclic) bond motifs is 1. The van der Waals surface area contributed by atoms with E-state index in [4.69, 9.17) is 11.6 Å². The molecule has 10 heteroatoms. The fourth-order valence-electron chi connectivity index (χ4n) is 4.24. The number of alkyl halides is 3. The molecule has 2 aromatic heterocycles. The number of benzene rings is 2. The molecule has 6 nitrogen and oxygen atoms in total. The molecule has 1 aliphatic rings. The van der Waals surface area contributed by atoms with E-state index in [1.807, 2.05) is 37.3 Å². The number of nitrogens with one attached hydrogen (secondary N) is 1. The van der Waals surface area contributed by atoms with Crippen molar-refractivity contribution in [2.45, 2.75) is 32.6 Å². The summed E-state index contributed by atoms with van der Waals surface area (Å²) in [6.07, 6.45) is -3.88. The number of hydrogen-bond donors (Lipinski definition) is 1. The van der Waals surface area contributed by atoms with Gasteiger partial charge in [0.25, 0.3) is 5.56 Å². The largest absolute Gasteiger partial charge is 0.416 e. The van der Waals surface area contributed by atoms with Crippen LogP contribution in [0.3, 0.4) is 0 Å². The third-order valence-corrected chi connectivity index (χ3v) is 6.53. The van der Waals surface area contributed by atoms with Crippen LogP contribution in [0.5, 0.6) is 0 Å². The van der Waals surface area contributed by atoms with Crippen molar-refractivity contribution >= 4 is 11.6 Å². The lowest BCUT2D eigenvalue weighted by Gasteiger charge is -2.27. The monoisotopic (exact) mass is 499 g/mol. The second-order valence-corrected chi connectivity index (χ2v) is 8.84.